The molecule has 0 saturated carbocycles. The second-order valence-corrected chi connectivity index (χ2v) is 6.52. The number of likely N-dealkylation sites (tertiary alicyclic amines) is 1. The van der Waals surface area contributed by atoms with E-state index in [1.807, 2.05) is 11.0 Å². The van der Waals surface area contributed by atoms with Gasteiger partial charge in [0.25, 0.3) is 0 Å². The van der Waals surface area contributed by atoms with E-state index in [-0.39, 0.29) is 17.2 Å². The number of amides is 2. The molecule has 1 aromatic rings. The fraction of sp³-hybridized carbons (Fsp3) is 0.529. The zero-order valence-electron chi connectivity index (χ0n) is 13.0. The number of carbonyl (C=O) groups is 2. The first-order valence-electron chi connectivity index (χ1n) is 7.96. The Labute approximate surface area is 131 Å². The molecule has 2 amide bonds. The van der Waals surface area contributed by atoms with Crippen molar-refractivity contribution in [3.63, 3.8) is 0 Å². The molecule has 5 heteroatoms. The van der Waals surface area contributed by atoms with Crippen molar-refractivity contribution in [3.05, 3.63) is 29.8 Å². The van der Waals surface area contributed by atoms with Crippen LogP contribution in [0.4, 0.5) is 10.5 Å². The van der Waals surface area contributed by atoms with Gasteiger partial charge in [0.05, 0.1) is 0 Å². The Morgan fingerprint density at radius 2 is 2.18 bits per heavy atom. The van der Waals surface area contributed by atoms with Gasteiger partial charge in [0.1, 0.15) is 0 Å². The lowest BCUT2D eigenvalue weighted by molar-refractivity contribution is 0.101. The first-order valence-corrected chi connectivity index (χ1v) is 7.96. The van der Waals surface area contributed by atoms with Gasteiger partial charge in [-0.25, -0.2) is 4.79 Å². The summed E-state index contributed by atoms with van der Waals surface area (Å²) in [7, 11) is 0. The van der Waals surface area contributed by atoms with Crippen molar-refractivity contribution >= 4 is 17.5 Å². The second kappa shape index (κ2) is 6.08. The minimum absolute atomic E-state index is 0.00468. The molecule has 3 rings (SSSR count). The van der Waals surface area contributed by atoms with Crippen LogP contribution in [0.5, 0.6) is 0 Å². The number of benzene rings is 1. The van der Waals surface area contributed by atoms with E-state index in [1.165, 1.54) is 13.3 Å². The number of piperidine rings is 1. The molecule has 5 nitrogen and oxygen atoms in total. The second-order valence-electron chi connectivity index (χ2n) is 6.52. The molecule has 1 aromatic carbocycles. The quantitative estimate of drug-likeness (QED) is 0.825. The number of rotatable bonds is 2. The molecule has 2 heterocycles. The molecule has 2 N–H and O–H groups in total. The van der Waals surface area contributed by atoms with Gasteiger partial charge >= 0.3 is 6.03 Å². The van der Waals surface area contributed by atoms with Crippen LogP contribution >= 0.6 is 0 Å². The number of hydrogen-bond acceptors (Lipinski definition) is 3. The van der Waals surface area contributed by atoms with Gasteiger partial charge in [-0.05, 0) is 44.9 Å². The van der Waals surface area contributed by atoms with Crippen LogP contribution in [-0.2, 0) is 0 Å². The van der Waals surface area contributed by atoms with E-state index in [0.29, 0.717) is 11.3 Å². The minimum atomic E-state index is -0.0633. The van der Waals surface area contributed by atoms with Crippen LogP contribution < -0.4 is 10.6 Å². The summed E-state index contributed by atoms with van der Waals surface area (Å²) >= 11 is 0. The van der Waals surface area contributed by atoms with Crippen LogP contribution in [0.15, 0.2) is 24.3 Å². The highest BCUT2D eigenvalue weighted by Gasteiger charge is 2.39. The summed E-state index contributed by atoms with van der Waals surface area (Å²) in [6.45, 7) is 5.22. The maximum absolute atomic E-state index is 12.5. The number of urea groups is 1. The predicted octanol–water partition coefficient (Wildman–Crippen LogP) is 2.50. The van der Waals surface area contributed by atoms with Crippen molar-refractivity contribution < 1.29 is 9.59 Å². The lowest BCUT2D eigenvalue weighted by Gasteiger charge is -2.39. The van der Waals surface area contributed by atoms with Gasteiger partial charge in [0.2, 0.25) is 0 Å². The van der Waals surface area contributed by atoms with E-state index in [9.17, 15) is 9.59 Å². The van der Waals surface area contributed by atoms with E-state index in [0.717, 1.165) is 39.0 Å². The van der Waals surface area contributed by atoms with E-state index in [4.69, 9.17) is 0 Å². The number of Topliss-reactive ketones (excluding diaryl/α,β-unsaturated/α-hetero) is 1. The Bertz CT molecular complexity index is 579. The van der Waals surface area contributed by atoms with Gasteiger partial charge in [0, 0.05) is 36.3 Å². The first-order chi connectivity index (χ1) is 10.6. The third-order valence-corrected chi connectivity index (χ3v) is 4.80. The first kappa shape index (κ1) is 15.0. The highest BCUT2D eigenvalue weighted by Crippen LogP contribution is 2.35. The van der Waals surface area contributed by atoms with Gasteiger partial charge in [-0.15, -0.1) is 0 Å². The maximum atomic E-state index is 12.5. The van der Waals surface area contributed by atoms with Crippen molar-refractivity contribution in [2.75, 3.05) is 31.5 Å². The summed E-state index contributed by atoms with van der Waals surface area (Å²) in [5.74, 6) is 0.00468. The van der Waals surface area contributed by atoms with Crippen LogP contribution in [0.25, 0.3) is 0 Å². The maximum Gasteiger partial charge on any atom is 0.321 e. The average molecular weight is 301 g/mol. The molecule has 2 aliphatic heterocycles. The van der Waals surface area contributed by atoms with Crippen LogP contribution in [0.1, 0.15) is 36.5 Å². The summed E-state index contributed by atoms with van der Waals surface area (Å²) in [4.78, 5) is 25.8. The SMILES string of the molecule is CC(=O)c1cccc(NC(=O)N2CCCC3(CCNC3)C2)c1. The molecular weight excluding hydrogens is 278 g/mol. The monoisotopic (exact) mass is 301 g/mol. The number of ketones is 1. The molecule has 22 heavy (non-hydrogen) atoms. The number of anilines is 1. The molecular formula is C17H23N3O2. The molecule has 0 aliphatic carbocycles. The highest BCUT2D eigenvalue weighted by molar-refractivity contribution is 5.96. The Hall–Kier alpha value is -1.88. The molecule has 2 aliphatic rings. The summed E-state index contributed by atoms with van der Waals surface area (Å²) in [5.41, 5.74) is 1.56. The van der Waals surface area contributed by atoms with Gasteiger partial charge in [-0.3, -0.25) is 4.79 Å². The van der Waals surface area contributed by atoms with Crippen LogP contribution in [-0.4, -0.2) is 42.9 Å². The van der Waals surface area contributed by atoms with E-state index in [1.54, 1.807) is 18.2 Å². The van der Waals surface area contributed by atoms with E-state index in [2.05, 4.69) is 10.6 Å². The lowest BCUT2D eigenvalue weighted by atomic mass is 9.79. The molecule has 0 radical (unpaired) electrons. The molecule has 1 atom stereocenters. The van der Waals surface area contributed by atoms with Crippen LogP contribution in [0.2, 0.25) is 0 Å². The van der Waals surface area contributed by atoms with E-state index >= 15 is 0 Å². The van der Waals surface area contributed by atoms with Crippen LogP contribution in [0.3, 0.4) is 0 Å². The number of nitrogens with zero attached hydrogens (tertiary/aromatic N) is 1. The number of nitrogens with one attached hydrogen (secondary N) is 2. The molecule has 2 saturated heterocycles. The third-order valence-electron chi connectivity index (χ3n) is 4.80. The Morgan fingerprint density at radius 3 is 2.91 bits per heavy atom. The zero-order chi connectivity index (χ0) is 15.6. The normalized spacial score (nSPS) is 24.5. The smallest absolute Gasteiger partial charge is 0.321 e. The van der Waals surface area contributed by atoms with Crippen molar-refractivity contribution in [3.8, 4) is 0 Å². The van der Waals surface area contributed by atoms with Crippen molar-refractivity contribution in [2.45, 2.75) is 26.2 Å². The Morgan fingerprint density at radius 1 is 1.32 bits per heavy atom. The molecule has 0 aromatic heterocycles. The Kier molecular flexibility index (Phi) is 4.16. The highest BCUT2D eigenvalue weighted by atomic mass is 16.2. The number of hydrogen-bond donors (Lipinski definition) is 2. The van der Waals surface area contributed by atoms with Gasteiger partial charge < -0.3 is 15.5 Å². The topological polar surface area (TPSA) is 61.4 Å². The molecule has 1 unspecified atom stereocenters. The van der Waals surface area contributed by atoms with Gasteiger partial charge in [-0.2, -0.15) is 0 Å². The molecule has 2 fully saturated rings. The summed E-state index contributed by atoms with van der Waals surface area (Å²) in [5, 5.41) is 6.34. The molecule has 118 valence electrons. The standard InChI is InChI=1S/C17H23N3O2/c1-13(21)14-4-2-5-15(10-14)19-16(22)20-9-3-6-17(12-20)7-8-18-11-17/h2,4-5,10,18H,3,6-9,11-12H2,1H3,(H,19,22). The largest absolute Gasteiger partial charge is 0.324 e. The fourth-order valence-electron chi connectivity index (χ4n) is 3.54. The summed E-state index contributed by atoms with van der Waals surface area (Å²) < 4.78 is 0. The van der Waals surface area contributed by atoms with Crippen molar-refractivity contribution in [2.24, 2.45) is 5.41 Å². The minimum Gasteiger partial charge on any atom is -0.324 e. The summed E-state index contributed by atoms with van der Waals surface area (Å²) in [6.07, 6.45) is 3.41. The van der Waals surface area contributed by atoms with E-state index < -0.39 is 0 Å². The number of carbonyl (C=O) groups excluding carboxylic acids is 2. The Balaban J connectivity index is 1.66. The lowest BCUT2D eigenvalue weighted by Crippen LogP contribution is -2.48. The molecule has 1 spiro atoms. The van der Waals surface area contributed by atoms with Gasteiger partial charge in [0.15, 0.2) is 5.78 Å². The fourth-order valence-corrected chi connectivity index (χ4v) is 3.54. The predicted molar refractivity (Wildman–Crippen MR) is 86.2 cm³/mol. The molecule has 0 bridgehead atoms. The average Bonchev–Trinajstić information content (AvgIpc) is 2.95. The zero-order valence-corrected chi connectivity index (χ0v) is 13.0. The third kappa shape index (κ3) is 3.14. The van der Waals surface area contributed by atoms with Gasteiger partial charge in [-0.1, -0.05) is 12.1 Å². The summed E-state index contributed by atoms with van der Waals surface area (Å²) in [6, 6.07) is 7.05. The van der Waals surface area contributed by atoms with Crippen molar-refractivity contribution in [1.29, 1.82) is 0 Å². The van der Waals surface area contributed by atoms with Crippen molar-refractivity contribution in [1.82, 2.24) is 10.2 Å². The van der Waals surface area contributed by atoms with Crippen LogP contribution in [0, 0.1) is 5.41 Å².